The first-order valence-corrected chi connectivity index (χ1v) is 5.93. The molecule has 0 aromatic heterocycles. The fourth-order valence-corrected chi connectivity index (χ4v) is 2.04. The molecule has 0 radical (unpaired) electrons. The van der Waals surface area contributed by atoms with Crippen LogP contribution in [0.3, 0.4) is 0 Å². The molecule has 20 heavy (non-hydrogen) atoms. The van der Waals surface area contributed by atoms with E-state index in [2.05, 4.69) is 20.7 Å². The second-order valence-electron chi connectivity index (χ2n) is 4.42. The number of hydrogen-bond acceptors (Lipinski definition) is 6. The highest BCUT2D eigenvalue weighted by Crippen LogP contribution is 2.20. The number of carbonyl (C=O) groups is 2. The molecule has 0 aromatic carbocycles. The Morgan fingerprint density at radius 3 is 2.30 bits per heavy atom. The second-order valence-corrected chi connectivity index (χ2v) is 4.42. The van der Waals surface area contributed by atoms with E-state index in [0.29, 0.717) is 0 Å². The number of carbonyl (C=O) groups excluding carboxylic acids is 2. The number of rotatable bonds is 4. The molecule has 0 aliphatic carbocycles. The van der Waals surface area contributed by atoms with Gasteiger partial charge in [0.25, 0.3) is 0 Å². The SMILES string of the molecule is CC(=O)NC1[C@H](O)OC(CN=[N+]=[N-])[C@@H](NC(C)=O)[C@H]1O. The van der Waals surface area contributed by atoms with E-state index in [4.69, 9.17) is 10.3 Å². The quantitative estimate of drug-likeness (QED) is 0.278. The van der Waals surface area contributed by atoms with Crippen molar-refractivity contribution in [3.05, 3.63) is 10.4 Å². The van der Waals surface area contributed by atoms with Crippen LogP contribution < -0.4 is 10.6 Å². The fraction of sp³-hybridized carbons (Fsp3) is 0.800. The molecule has 10 nitrogen and oxygen atoms in total. The Hall–Kier alpha value is -1.87. The Labute approximate surface area is 114 Å². The number of nitrogens with zero attached hydrogens (tertiary/aromatic N) is 3. The van der Waals surface area contributed by atoms with Crippen LogP contribution in [0.2, 0.25) is 0 Å². The number of nitrogens with one attached hydrogen (secondary N) is 2. The van der Waals surface area contributed by atoms with Crippen LogP contribution in [0.1, 0.15) is 13.8 Å². The molecule has 0 aromatic rings. The van der Waals surface area contributed by atoms with E-state index in [-0.39, 0.29) is 6.54 Å². The number of amides is 2. The van der Waals surface area contributed by atoms with E-state index in [0.717, 1.165) is 0 Å². The van der Waals surface area contributed by atoms with Gasteiger partial charge < -0.3 is 25.6 Å². The van der Waals surface area contributed by atoms with E-state index in [1.165, 1.54) is 13.8 Å². The molecule has 2 unspecified atom stereocenters. The third-order valence-corrected chi connectivity index (χ3v) is 2.82. The van der Waals surface area contributed by atoms with Gasteiger partial charge in [0.05, 0.1) is 18.7 Å². The largest absolute Gasteiger partial charge is 0.389 e. The van der Waals surface area contributed by atoms with Crippen LogP contribution in [0.5, 0.6) is 0 Å². The molecule has 1 saturated heterocycles. The highest BCUT2D eigenvalue weighted by atomic mass is 16.6. The maximum Gasteiger partial charge on any atom is 0.217 e. The normalized spacial score (nSPS) is 32.9. The number of ether oxygens (including phenoxy) is 1. The van der Waals surface area contributed by atoms with Gasteiger partial charge >= 0.3 is 0 Å². The molecular formula is C10H17N5O5. The zero-order valence-corrected chi connectivity index (χ0v) is 11.1. The topological polar surface area (TPSA) is 157 Å². The maximum absolute atomic E-state index is 11.2. The van der Waals surface area contributed by atoms with Crippen LogP contribution in [-0.2, 0) is 14.3 Å². The van der Waals surface area contributed by atoms with E-state index in [1.807, 2.05) is 0 Å². The standard InChI is InChI=1S/C10H17N5O5/c1-4(16)13-7-6(3-12-15-11)20-10(19)8(9(7)18)14-5(2)17/h6-10,18-19H,3H2,1-2H3,(H,13,16)(H,14,17)/t6?,7-,8?,9-,10-/m1/s1. The van der Waals surface area contributed by atoms with Crippen molar-refractivity contribution in [2.75, 3.05) is 6.54 Å². The molecule has 1 aliphatic rings. The lowest BCUT2D eigenvalue weighted by Gasteiger charge is -2.42. The third kappa shape index (κ3) is 4.07. The minimum atomic E-state index is -1.47. The molecule has 10 heteroatoms. The van der Waals surface area contributed by atoms with Crippen molar-refractivity contribution in [3.8, 4) is 0 Å². The van der Waals surface area contributed by atoms with Crippen molar-refractivity contribution in [1.82, 2.24) is 10.6 Å². The summed E-state index contributed by atoms with van der Waals surface area (Å²) in [6.45, 7) is 2.29. The summed E-state index contributed by atoms with van der Waals surface area (Å²) >= 11 is 0. The molecule has 1 fully saturated rings. The lowest BCUT2D eigenvalue weighted by atomic mass is 9.94. The lowest BCUT2D eigenvalue weighted by Crippen LogP contribution is -2.68. The Morgan fingerprint density at radius 2 is 1.80 bits per heavy atom. The zero-order chi connectivity index (χ0) is 15.3. The molecule has 1 heterocycles. The molecule has 0 bridgehead atoms. The summed E-state index contributed by atoms with van der Waals surface area (Å²) in [6, 6.07) is -2.01. The van der Waals surface area contributed by atoms with E-state index in [1.54, 1.807) is 0 Å². The maximum atomic E-state index is 11.2. The van der Waals surface area contributed by atoms with Gasteiger partial charge in [0, 0.05) is 18.8 Å². The lowest BCUT2D eigenvalue weighted by molar-refractivity contribution is -0.216. The van der Waals surface area contributed by atoms with E-state index >= 15 is 0 Å². The van der Waals surface area contributed by atoms with Crippen molar-refractivity contribution in [3.63, 3.8) is 0 Å². The predicted octanol–water partition coefficient (Wildman–Crippen LogP) is -1.62. The van der Waals surface area contributed by atoms with Gasteiger partial charge in [-0.1, -0.05) is 5.11 Å². The highest BCUT2D eigenvalue weighted by Gasteiger charge is 2.45. The Balaban J connectivity index is 2.91. The summed E-state index contributed by atoms with van der Waals surface area (Å²) < 4.78 is 5.19. The Kier molecular flexibility index (Phi) is 5.71. The van der Waals surface area contributed by atoms with E-state index in [9.17, 15) is 19.8 Å². The molecule has 112 valence electrons. The highest BCUT2D eigenvalue weighted by molar-refractivity contribution is 5.74. The van der Waals surface area contributed by atoms with Crippen LogP contribution in [0.25, 0.3) is 10.4 Å². The van der Waals surface area contributed by atoms with Crippen molar-refractivity contribution in [2.45, 2.75) is 44.4 Å². The van der Waals surface area contributed by atoms with E-state index < -0.39 is 42.4 Å². The van der Waals surface area contributed by atoms with Crippen molar-refractivity contribution in [1.29, 1.82) is 0 Å². The molecule has 5 atom stereocenters. The predicted molar refractivity (Wildman–Crippen MR) is 66.1 cm³/mol. The molecule has 1 aliphatic heterocycles. The smallest absolute Gasteiger partial charge is 0.217 e. The molecule has 2 amide bonds. The van der Waals surface area contributed by atoms with Gasteiger partial charge in [-0.05, 0) is 5.53 Å². The zero-order valence-electron chi connectivity index (χ0n) is 11.1. The number of hydrogen-bond donors (Lipinski definition) is 4. The number of azide groups is 1. The van der Waals surface area contributed by atoms with Crippen molar-refractivity contribution >= 4 is 11.8 Å². The van der Waals surface area contributed by atoms with Crippen LogP contribution in [0, 0.1) is 0 Å². The average molecular weight is 287 g/mol. The second kappa shape index (κ2) is 7.06. The summed E-state index contributed by atoms with van der Waals surface area (Å²) in [7, 11) is 0. The molecule has 0 saturated carbocycles. The van der Waals surface area contributed by atoms with Gasteiger partial charge in [-0.3, -0.25) is 9.59 Å². The molecule has 1 rings (SSSR count). The van der Waals surface area contributed by atoms with Gasteiger partial charge in [0.2, 0.25) is 11.8 Å². The average Bonchev–Trinajstić information content (AvgIpc) is 2.35. The third-order valence-electron chi connectivity index (χ3n) is 2.82. The minimum absolute atomic E-state index is 0.178. The van der Waals surface area contributed by atoms with Crippen LogP contribution >= 0.6 is 0 Å². The summed E-state index contributed by atoms with van der Waals surface area (Å²) in [6.07, 6.45) is -3.66. The van der Waals surface area contributed by atoms with Crippen LogP contribution in [0.4, 0.5) is 0 Å². The first-order valence-electron chi connectivity index (χ1n) is 5.93. The van der Waals surface area contributed by atoms with Gasteiger partial charge in [0.15, 0.2) is 6.29 Å². The molecule has 0 spiro atoms. The van der Waals surface area contributed by atoms with Crippen molar-refractivity contribution < 1.29 is 24.5 Å². The Morgan fingerprint density at radius 1 is 1.25 bits per heavy atom. The number of aliphatic hydroxyl groups excluding tert-OH is 2. The van der Waals surface area contributed by atoms with Crippen LogP contribution in [0.15, 0.2) is 5.11 Å². The molecular weight excluding hydrogens is 270 g/mol. The summed E-state index contributed by atoms with van der Waals surface area (Å²) in [5.41, 5.74) is 8.30. The summed E-state index contributed by atoms with van der Waals surface area (Å²) in [5.74, 6) is -0.895. The first kappa shape index (κ1) is 16.2. The minimum Gasteiger partial charge on any atom is -0.389 e. The molecule has 4 N–H and O–H groups in total. The van der Waals surface area contributed by atoms with Crippen molar-refractivity contribution in [2.24, 2.45) is 5.11 Å². The van der Waals surface area contributed by atoms with Gasteiger partial charge in [-0.15, -0.1) is 0 Å². The number of aliphatic hydroxyl groups is 2. The van der Waals surface area contributed by atoms with Gasteiger partial charge in [0.1, 0.15) is 12.1 Å². The summed E-state index contributed by atoms with van der Waals surface area (Å²) in [4.78, 5) is 24.8. The monoisotopic (exact) mass is 287 g/mol. The summed E-state index contributed by atoms with van der Waals surface area (Å²) in [5, 5.41) is 28.0. The Bertz CT molecular complexity index is 424. The van der Waals surface area contributed by atoms with Gasteiger partial charge in [-0.25, -0.2) is 0 Å². The first-order chi connectivity index (χ1) is 9.36. The fourth-order valence-electron chi connectivity index (χ4n) is 2.04. The van der Waals surface area contributed by atoms with Gasteiger partial charge in [-0.2, -0.15) is 0 Å². The van der Waals surface area contributed by atoms with Crippen LogP contribution in [-0.4, -0.2) is 59.2 Å².